The molecule has 108 valence electrons. The zero-order chi connectivity index (χ0) is 13.7. The third-order valence-electron chi connectivity index (χ3n) is 4.29. The molecule has 2 heterocycles. The molecule has 2 fully saturated rings. The Balaban J connectivity index is 1.76. The van der Waals surface area contributed by atoms with Gasteiger partial charge in [0.15, 0.2) is 0 Å². The van der Waals surface area contributed by atoms with Crippen molar-refractivity contribution in [1.82, 2.24) is 15.5 Å². The van der Waals surface area contributed by atoms with Gasteiger partial charge in [-0.1, -0.05) is 6.42 Å². The van der Waals surface area contributed by atoms with Crippen molar-refractivity contribution in [2.75, 3.05) is 26.7 Å². The second-order valence-electron chi connectivity index (χ2n) is 5.65. The Hall–Kier alpha value is -1.10. The van der Waals surface area contributed by atoms with Gasteiger partial charge in [-0.3, -0.25) is 9.59 Å². The van der Waals surface area contributed by atoms with E-state index in [4.69, 9.17) is 0 Å². The lowest BCUT2D eigenvalue weighted by Crippen LogP contribution is -2.50. The zero-order valence-corrected chi connectivity index (χ0v) is 11.8. The Bertz CT molecular complexity index is 319. The van der Waals surface area contributed by atoms with Crippen molar-refractivity contribution in [3.8, 4) is 0 Å². The first kappa shape index (κ1) is 14.3. The number of hydrogen-bond acceptors (Lipinski definition) is 3. The van der Waals surface area contributed by atoms with E-state index in [9.17, 15) is 9.59 Å². The summed E-state index contributed by atoms with van der Waals surface area (Å²) in [6, 6.07) is 0.0317. The van der Waals surface area contributed by atoms with Crippen molar-refractivity contribution in [3.63, 3.8) is 0 Å². The predicted molar refractivity (Wildman–Crippen MR) is 73.6 cm³/mol. The van der Waals surface area contributed by atoms with Gasteiger partial charge in [0.25, 0.3) is 0 Å². The Morgan fingerprint density at radius 3 is 2.53 bits per heavy atom. The van der Waals surface area contributed by atoms with Crippen LogP contribution in [-0.4, -0.2) is 49.4 Å². The summed E-state index contributed by atoms with van der Waals surface area (Å²) in [7, 11) is 1.68. The molecular formula is C14H25N3O2. The number of carbonyl (C=O) groups excluding carboxylic acids is 2. The Morgan fingerprint density at radius 1 is 1.21 bits per heavy atom. The molecule has 0 aromatic heterocycles. The quantitative estimate of drug-likeness (QED) is 0.783. The average Bonchev–Trinajstić information content (AvgIpc) is 2.48. The fraction of sp³-hybridized carbons (Fsp3) is 0.857. The summed E-state index contributed by atoms with van der Waals surface area (Å²) < 4.78 is 0. The molecule has 2 aliphatic rings. The van der Waals surface area contributed by atoms with E-state index in [1.54, 1.807) is 7.05 Å². The lowest BCUT2D eigenvalue weighted by atomic mass is 9.92. The largest absolute Gasteiger partial charge is 0.359 e. The van der Waals surface area contributed by atoms with Crippen LogP contribution in [0.15, 0.2) is 0 Å². The normalized spacial score (nSPS) is 25.1. The highest BCUT2D eigenvalue weighted by molar-refractivity contribution is 5.82. The number of hydrogen-bond donors (Lipinski definition) is 2. The van der Waals surface area contributed by atoms with Gasteiger partial charge in [0.05, 0.1) is 6.04 Å². The van der Waals surface area contributed by atoms with E-state index in [1.165, 1.54) is 6.42 Å². The number of piperidine rings is 2. The smallest absolute Gasteiger partial charge is 0.239 e. The Kier molecular flexibility index (Phi) is 5.19. The molecule has 0 saturated carbocycles. The van der Waals surface area contributed by atoms with E-state index in [0.29, 0.717) is 12.3 Å². The minimum Gasteiger partial charge on any atom is -0.359 e. The average molecular weight is 267 g/mol. The standard InChI is InChI=1S/C14H25N3O2/c1-15-13(18)10-11-5-8-17(9-6-11)14(19)12-4-2-3-7-16-12/h11-12,16H,2-10H2,1H3,(H,15,18). The molecule has 0 radical (unpaired) electrons. The van der Waals surface area contributed by atoms with E-state index in [0.717, 1.165) is 45.3 Å². The van der Waals surface area contributed by atoms with Crippen LogP contribution in [0.1, 0.15) is 38.5 Å². The highest BCUT2D eigenvalue weighted by Gasteiger charge is 2.29. The molecule has 5 heteroatoms. The summed E-state index contributed by atoms with van der Waals surface area (Å²) >= 11 is 0. The molecular weight excluding hydrogens is 242 g/mol. The highest BCUT2D eigenvalue weighted by Crippen LogP contribution is 2.22. The second-order valence-corrected chi connectivity index (χ2v) is 5.65. The van der Waals surface area contributed by atoms with Crippen molar-refractivity contribution < 1.29 is 9.59 Å². The fourth-order valence-electron chi connectivity index (χ4n) is 3.00. The minimum absolute atomic E-state index is 0.0317. The summed E-state index contributed by atoms with van der Waals surface area (Å²) in [4.78, 5) is 25.6. The maximum atomic E-state index is 12.3. The monoisotopic (exact) mass is 267 g/mol. The van der Waals surface area contributed by atoms with Gasteiger partial charge in [0.2, 0.25) is 11.8 Å². The van der Waals surface area contributed by atoms with E-state index in [-0.39, 0.29) is 17.9 Å². The van der Waals surface area contributed by atoms with Gasteiger partial charge in [0, 0.05) is 26.6 Å². The van der Waals surface area contributed by atoms with Crippen molar-refractivity contribution >= 4 is 11.8 Å². The lowest BCUT2D eigenvalue weighted by Gasteiger charge is -2.35. The fourth-order valence-corrected chi connectivity index (χ4v) is 3.00. The first-order chi connectivity index (χ1) is 9.20. The Labute approximate surface area is 115 Å². The molecule has 0 bridgehead atoms. The van der Waals surface area contributed by atoms with Crippen molar-refractivity contribution in [2.45, 2.75) is 44.6 Å². The zero-order valence-electron chi connectivity index (χ0n) is 11.8. The van der Waals surface area contributed by atoms with Gasteiger partial charge in [-0.25, -0.2) is 0 Å². The van der Waals surface area contributed by atoms with E-state index in [1.807, 2.05) is 4.90 Å². The van der Waals surface area contributed by atoms with Crippen LogP contribution in [0.25, 0.3) is 0 Å². The maximum Gasteiger partial charge on any atom is 0.239 e. The SMILES string of the molecule is CNC(=O)CC1CCN(C(=O)C2CCCCN2)CC1. The molecule has 0 aromatic carbocycles. The number of likely N-dealkylation sites (tertiary alicyclic amines) is 1. The summed E-state index contributed by atoms with van der Waals surface area (Å²) in [5.41, 5.74) is 0. The molecule has 1 unspecified atom stereocenters. The van der Waals surface area contributed by atoms with E-state index >= 15 is 0 Å². The Morgan fingerprint density at radius 2 is 1.95 bits per heavy atom. The maximum absolute atomic E-state index is 12.3. The van der Waals surface area contributed by atoms with Gasteiger partial charge in [-0.15, -0.1) is 0 Å². The molecule has 2 aliphatic heterocycles. The molecule has 19 heavy (non-hydrogen) atoms. The number of rotatable bonds is 3. The second kappa shape index (κ2) is 6.89. The van der Waals surface area contributed by atoms with Gasteiger partial charge in [0.1, 0.15) is 0 Å². The summed E-state index contributed by atoms with van der Waals surface area (Å²) in [5, 5.41) is 5.98. The van der Waals surface area contributed by atoms with Gasteiger partial charge >= 0.3 is 0 Å². The summed E-state index contributed by atoms with van der Waals surface area (Å²) in [6.07, 6.45) is 5.80. The number of amides is 2. The molecule has 2 rings (SSSR count). The van der Waals surface area contributed by atoms with Crippen LogP contribution in [0.5, 0.6) is 0 Å². The molecule has 1 atom stereocenters. The van der Waals surface area contributed by atoms with Gasteiger partial charge in [-0.05, 0) is 38.1 Å². The van der Waals surface area contributed by atoms with Crippen LogP contribution >= 0.6 is 0 Å². The number of nitrogens with one attached hydrogen (secondary N) is 2. The minimum atomic E-state index is 0.0317. The molecule has 2 saturated heterocycles. The molecule has 0 aliphatic carbocycles. The molecule has 2 N–H and O–H groups in total. The molecule has 0 aromatic rings. The summed E-state index contributed by atoms with van der Waals surface area (Å²) in [6.45, 7) is 2.57. The van der Waals surface area contributed by atoms with Gasteiger partial charge < -0.3 is 15.5 Å². The molecule has 5 nitrogen and oxygen atoms in total. The number of nitrogens with zero attached hydrogens (tertiary/aromatic N) is 1. The van der Waals surface area contributed by atoms with E-state index in [2.05, 4.69) is 10.6 Å². The van der Waals surface area contributed by atoms with Crippen molar-refractivity contribution in [3.05, 3.63) is 0 Å². The van der Waals surface area contributed by atoms with Crippen LogP contribution in [0, 0.1) is 5.92 Å². The van der Waals surface area contributed by atoms with Crippen molar-refractivity contribution in [1.29, 1.82) is 0 Å². The topological polar surface area (TPSA) is 61.4 Å². The van der Waals surface area contributed by atoms with Crippen molar-refractivity contribution in [2.24, 2.45) is 5.92 Å². The van der Waals surface area contributed by atoms with Crippen LogP contribution < -0.4 is 10.6 Å². The van der Waals surface area contributed by atoms with Crippen LogP contribution in [0.2, 0.25) is 0 Å². The lowest BCUT2D eigenvalue weighted by molar-refractivity contribution is -0.135. The number of carbonyl (C=O) groups is 2. The third-order valence-corrected chi connectivity index (χ3v) is 4.29. The summed E-state index contributed by atoms with van der Waals surface area (Å²) in [5.74, 6) is 0.806. The molecule has 0 spiro atoms. The van der Waals surface area contributed by atoms with E-state index < -0.39 is 0 Å². The highest BCUT2D eigenvalue weighted by atomic mass is 16.2. The first-order valence-electron chi connectivity index (χ1n) is 7.43. The van der Waals surface area contributed by atoms with Crippen LogP contribution in [-0.2, 0) is 9.59 Å². The van der Waals surface area contributed by atoms with Crippen LogP contribution in [0.3, 0.4) is 0 Å². The first-order valence-corrected chi connectivity index (χ1v) is 7.43. The van der Waals surface area contributed by atoms with Crippen LogP contribution in [0.4, 0.5) is 0 Å². The third kappa shape index (κ3) is 3.93. The predicted octanol–water partition coefficient (Wildman–Crippen LogP) is 0.503. The molecule has 2 amide bonds. The van der Waals surface area contributed by atoms with Gasteiger partial charge in [-0.2, -0.15) is 0 Å².